The molecule has 0 bridgehead atoms. The Hall–Kier alpha value is -2.64. The van der Waals surface area contributed by atoms with E-state index in [9.17, 15) is 5.11 Å². The Morgan fingerprint density at radius 3 is 2.50 bits per heavy atom. The monoisotopic (exact) mass is 403 g/mol. The van der Waals surface area contributed by atoms with E-state index >= 15 is 0 Å². The van der Waals surface area contributed by atoms with Gasteiger partial charge in [-0.25, -0.2) is 4.98 Å². The Kier molecular flexibility index (Phi) is 7.37. The van der Waals surface area contributed by atoms with Gasteiger partial charge in [0.05, 0.1) is 43.2 Å². The van der Waals surface area contributed by atoms with Gasteiger partial charge in [-0.1, -0.05) is 19.9 Å². The molecular weight excluding hydrogens is 378 g/mol. The van der Waals surface area contributed by atoms with Crippen molar-refractivity contribution in [3.8, 4) is 22.7 Å². The van der Waals surface area contributed by atoms with Crippen molar-refractivity contribution in [2.24, 2.45) is 5.92 Å². The first-order chi connectivity index (χ1) is 13.0. The molecule has 0 aliphatic carbocycles. The lowest BCUT2D eigenvalue weighted by molar-refractivity contribution is 0.249. The molecule has 2 N–H and O–H groups in total. The number of ether oxygens (including phenoxy) is 1. The van der Waals surface area contributed by atoms with Gasteiger partial charge in [0.1, 0.15) is 11.6 Å². The minimum absolute atomic E-state index is 0. The lowest BCUT2D eigenvalue weighted by Crippen LogP contribution is -2.29. The van der Waals surface area contributed by atoms with Crippen LogP contribution in [-0.2, 0) is 0 Å². The molecular formula is C20H26ClN5O2. The maximum Gasteiger partial charge on any atom is 0.148 e. The SMILES string of the molecule is COc1cc(-c2ccc(N[C@H](CO)C(C)C)nn2)ccc1-n1cnc(C)c1.Cl. The average molecular weight is 404 g/mol. The summed E-state index contributed by atoms with van der Waals surface area (Å²) in [6.45, 7) is 6.09. The number of hydrogen-bond acceptors (Lipinski definition) is 6. The lowest BCUT2D eigenvalue weighted by Gasteiger charge is -2.20. The van der Waals surface area contributed by atoms with Crippen LogP contribution in [0, 0.1) is 12.8 Å². The highest BCUT2D eigenvalue weighted by atomic mass is 35.5. The van der Waals surface area contributed by atoms with Crippen molar-refractivity contribution in [3.05, 3.63) is 48.5 Å². The Morgan fingerprint density at radius 2 is 1.96 bits per heavy atom. The molecule has 150 valence electrons. The fourth-order valence-electron chi connectivity index (χ4n) is 2.78. The zero-order valence-corrected chi connectivity index (χ0v) is 17.3. The first kappa shape index (κ1) is 21.7. The van der Waals surface area contributed by atoms with E-state index in [2.05, 4.69) is 20.5 Å². The fourth-order valence-corrected chi connectivity index (χ4v) is 2.78. The third-order valence-electron chi connectivity index (χ3n) is 4.46. The van der Waals surface area contributed by atoms with Crippen molar-refractivity contribution in [3.63, 3.8) is 0 Å². The third kappa shape index (κ3) is 4.79. The molecule has 3 aromatic rings. The Morgan fingerprint density at radius 1 is 1.18 bits per heavy atom. The summed E-state index contributed by atoms with van der Waals surface area (Å²) in [6, 6.07) is 9.61. The summed E-state index contributed by atoms with van der Waals surface area (Å²) in [5, 5.41) is 21.2. The van der Waals surface area contributed by atoms with Crippen LogP contribution in [0.15, 0.2) is 42.9 Å². The molecule has 0 aliphatic rings. The average Bonchev–Trinajstić information content (AvgIpc) is 3.12. The minimum atomic E-state index is -0.0526. The van der Waals surface area contributed by atoms with Crippen molar-refractivity contribution in [2.75, 3.05) is 19.0 Å². The van der Waals surface area contributed by atoms with E-state index in [0.717, 1.165) is 28.4 Å². The number of rotatable bonds is 7. The van der Waals surface area contributed by atoms with E-state index in [1.165, 1.54) is 0 Å². The van der Waals surface area contributed by atoms with Gasteiger partial charge in [0.25, 0.3) is 0 Å². The molecule has 7 nitrogen and oxygen atoms in total. The number of aliphatic hydroxyl groups is 1. The Bertz CT molecular complexity index is 896. The molecule has 1 atom stereocenters. The molecule has 1 aromatic carbocycles. The summed E-state index contributed by atoms with van der Waals surface area (Å²) in [5.41, 5.74) is 3.51. The number of aromatic nitrogens is 4. The predicted octanol–water partition coefficient (Wildman–Crippen LogP) is 3.50. The second-order valence-electron chi connectivity index (χ2n) is 6.79. The summed E-state index contributed by atoms with van der Waals surface area (Å²) in [5.74, 6) is 1.66. The van der Waals surface area contributed by atoms with E-state index in [1.807, 2.05) is 61.9 Å². The zero-order valence-electron chi connectivity index (χ0n) is 16.5. The maximum atomic E-state index is 9.44. The van der Waals surface area contributed by atoms with Gasteiger partial charge in [-0.3, -0.25) is 0 Å². The van der Waals surface area contributed by atoms with Crippen LogP contribution in [-0.4, -0.2) is 44.6 Å². The molecule has 0 amide bonds. The number of anilines is 1. The zero-order chi connectivity index (χ0) is 19.4. The standard InChI is InChI=1S/C20H25N5O2.ClH/c1-13(2)17(11-26)22-20-8-6-16(23-24-20)15-5-7-18(19(9-15)27-4)25-10-14(3)21-12-25;/h5-10,12-13,17,26H,11H2,1-4H3,(H,22,24);1H/t17-;/m1./s1. The number of aliphatic hydroxyl groups excluding tert-OH is 1. The molecule has 8 heteroatoms. The van der Waals surface area contributed by atoms with Crippen LogP contribution in [0.5, 0.6) is 5.75 Å². The normalized spacial score (nSPS) is 11.8. The molecule has 0 saturated heterocycles. The van der Waals surface area contributed by atoms with Crippen LogP contribution < -0.4 is 10.1 Å². The fraction of sp³-hybridized carbons (Fsp3) is 0.350. The molecule has 28 heavy (non-hydrogen) atoms. The number of aryl methyl sites for hydroxylation is 1. The number of hydrogen-bond donors (Lipinski definition) is 2. The molecule has 2 heterocycles. The first-order valence-electron chi connectivity index (χ1n) is 8.92. The van der Waals surface area contributed by atoms with E-state index in [0.29, 0.717) is 11.7 Å². The van der Waals surface area contributed by atoms with Gasteiger partial charge >= 0.3 is 0 Å². The highest BCUT2D eigenvalue weighted by molar-refractivity contribution is 5.85. The van der Waals surface area contributed by atoms with E-state index in [1.54, 1.807) is 13.4 Å². The number of nitrogens with zero attached hydrogens (tertiary/aromatic N) is 4. The van der Waals surface area contributed by atoms with Gasteiger partial charge in [0, 0.05) is 11.8 Å². The van der Waals surface area contributed by atoms with Gasteiger partial charge in [-0.2, -0.15) is 0 Å². The summed E-state index contributed by atoms with van der Waals surface area (Å²) in [4.78, 5) is 4.26. The van der Waals surface area contributed by atoms with Gasteiger partial charge in [-0.05, 0) is 37.1 Å². The van der Waals surface area contributed by atoms with Crippen LogP contribution >= 0.6 is 12.4 Å². The molecule has 0 spiro atoms. The number of benzene rings is 1. The highest BCUT2D eigenvalue weighted by Gasteiger charge is 2.13. The van der Waals surface area contributed by atoms with E-state index < -0.39 is 0 Å². The largest absolute Gasteiger partial charge is 0.495 e. The summed E-state index contributed by atoms with van der Waals surface area (Å²) in [7, 11) is 1.64. The summed E-state index contributed by atoms with van der Waals surface area (Å²) >= 11 is 0. The van der Waals surface area contributed by atoms with Crippen molar-refractivity contribution < 1.29 is 9.84 Å². The predicted molar refractivity (Wildman–Crippen MR) is 112 cm³/mol. The Labute approximate surface area is 171 Å². The molecule has 0 aliphatic heterocycles. The molecule has 0 unspecified atom stereocenters. The van der Waals surface area contributed by atoms with Crippen LogP contribution in [0.4, 0.5) is 5.82 Å². The molecule has 3 rings (SSSR count). The number of nitrogens with one attached hydrogen (secondary N) is 1. The van der Waals surface area contributed by atoms with Crippen LogP contribution in [0.3, 0.4) is 0 Å². The topological polar surface area (TPSA) is 85.1 Å². The number of imidazole rings is 1. The van der Waals surface area contributed by atoms with Crippen LogP contribution in [0.2, 0.25) is 0 Å². The summed E-state index contributed by atoms with van der Waals surface area (Å²) < 4.78 is 7.48. The second-order valence-corrected chi connectivity index (χ2v) is 6.79. The maximum absolute atomic E-state index is 9.44. The number of halogens is 1. The summed E-state index contributed by atoms with van der Waals surface area (Å²) in [6.07, 6.45) is 3.71. The van der Waals surface area contributed by atoms with Gasteiger partial charge in [0.2, 0.25) is 0 Å². The van der Waals surface area contributed by atoms with Crippen molar-refractivity contribution >= 4 is 18.2 Å². The highest BCUT2D eigenvalue weighted by Crippen LogP contribution is 2.29. The van der Waals surface area contributed by atoms with Crippen molar-refractivity contribution in [1.29, 1.82) is 0 Å². The lowest BCUT2D eigenvalue weighted by atomic mass is 10.1. The van der Waals surface area contributed by atoms with E-state index in [4.69, 9.17) is 4.74 Å². The van der Waals surface area contributed by atoms with Gasteiger partial charge < -0.3 is 19.7 Å². The minimum Gasteiger partial charge on any atom is -0.495 e. The third-order valence-corrected chi connectivity index (χ3v) is 4.46. The van der Waals surface area contributed by atoms with Crippen LogP contribution in [0.1, 0.15) is 19.5 Å². The molecule has 0 saturated carbocycles. The molecule has 0 fully saturated rings. The second kappa shape index (κ2) is 9.52. The quantitative estimate of drug-likeness (QED) is 0.628. The first-order valence-corrected chi connectivity index (χ1v) is 8.92. The molecule has 2 aromatic heterocycles. The number of methoxy groups -OCH3 is 1. The van der Waals surface area contributed by atoms with Gasteiger partial charge in [0.15, 0.2) is 0 Å². The van der Waals surface area contributed by atoms with Crippen molar-refractivity contribution in [2.45, 2.75) is 26.8 Å². The van der Waals surface area contributed by atoms with Crippen molar-refractivity contribution in [1.82, 2.24) is 19.7 Å². The molecule has 0 radical (unpaired) electrons. The Balaban J connectivity index is 0.00000280. The van der Waals surface area contributed by atoms with Gasteiger partial charge in [-0.15, -0.1) is 22.6 Å². The van der Waals surface area contributed by atoms with Crippen LogP contribution in [0.25, 0.3) is 16.9 Å². The smallest absolute Gasteiger partial charge is 0.148 e. The van der Waals surface area contributed by atoms with E-state index in [-0.39, 0.29) is 25.1 Å².